The van der Waals surface area contributed by atoms with Crippen molar-refractivity contribution in [1.82, 2.24) is 26.6 Å². The molecule has 7 nitrogen and oxygen atoms in total. The molecule has 3 rings (SSSR count). The Morgan fingerprint density at radius 1 is 0.788 bits per heavy atom. The van der Waals surface area contributed by atoms with Crippen molar-refractivity contribution in [3.63, 3.8) is 0 Å². The van der Waals surface area contributed by atoms with Crippen molar-refractivity contribution < 1.29 is 22.7 Å². The topological polar surface area (TPSA) is 86.5 Å². The summed E-state index contributed by atoms with van der Waals surface area (Å²) in [5.74, 6) is -0.191. The molecule has 2 aliphatic carbocycles. The first-order valence-corrected chi connectivity index (χ1v) is 16.0. The second kappa shape index (κ2) is 17.7. The Hall–Kier alpha value is 0.369. The van der Waals surface area contributed by atoms with Crippen molar-refractivity contribution in [3.05, 3.63) is 0 Å². The first-order valence-electron chi connectivity index (χ1n) is 12.8. The van der Waals surface area contributed by atoms with Gasteiger partial charge in [-0.25, -0.2) is 0 Å². The zero-order valence-corrected chi connectivity index (χ0v) is 23.0. The van der Waals surface area contributed by atoms with E-state index in [4.69, 9.17) is 24.9 Å². The molecule has 0 unspecified atom stereocenters. The summed E-state index contributed by atoms with van der Waals surface area (Å²) in [4.78, 5) is 12.0. The van der Waals surface area contributed by atoms with Gasteiger partial charge < -0.3 is 31.3 Å². The summed E-state index contributed by atoms with van der Waals surface area (Å²) in [6.45, 7) is 8.95. The van der Waals surface area contributed by atoms with Crippen LogP contribution in [0, 0.1) is 5.92 Å². The number of hydrogen-bond donors (Lipinski definition) is 5. The van der Waals surface area contributed by atoms with Crippen LogP contribution in [-0.2, 0) is 22.7 Å². The Kier molecular flexibility index (Phi) is 15.9. The molecule has 5 N–H and O–H groups in total. The van der Waals surface area contributed by atoms with Crippen molar-refractivity contribution in [3.8, 4) is 0 Å². The fraction of sp³-hybridized carbons (Fsp3) is 0.957. The molecule has 33 heavy (non-hydrogen) atoms. The quantitative estimate of drug-likeness (QED) is 0.273. The Morgan fingerprint density at radius 3 is 1.61 bits per heavy atom. The van der Waals surface area contributed by atoms with E-state index in [0.717, 1.165) is 32.7 Å². The van der Waals surface area contributed by atoms with E-state index in [-0.39, 0.29) is 31.1 Å². The number of esters is 1. The van der Waals surface area contributed by atoms with Crippen LogP contribution in [0.2, 0.25) is 0 Å². The zero-order chi connectivity index (χ0) is 23.9. The van der Waals surface area contributed by atoms with Crippen molar-refractivity contribution >= 4 is 26.2 Å². The van der Waals surface area contributed by atoms with Crippen molar-refractivity contribution in [2.75, 3.05) is 39.3 Å². The van der Waals surface area contributed by atoms with Crippen LogP contribution < -0.4 is 26.6 Å². The predicted octanol–water partition coefficient (Wildman–Crippen LogP) is 2.51. The molecule has 5 atom stereocenters. The van der Waals surface area contributed by atoms with Crippen molar-refractivity contribution in [1.29, 1.82) is 0 Å². The summed E-state index contributed by atoms with van der Waals surface area (Å²) in [6.07, 6.45) is 10.2. The summed E-state index contributed by atoms with van der Waals surface area (Å²) in [6, 6.07) is 2.30. The number of carbonyl (C=O) groups is 1. The van der Waals surface area contributed by atoms with Crippen LogP contribution in [0.3, 0.4) is 0 Å². The van der Waals surface area contributed by atoms with E-state index in [1.165, 1.54) is 51.4 Å². The zero-order valence-electron chi connectivity index (χ0n) is 20.3. The van der Waals surface area contributed by atoms with Crippen LogP contribution in [0.15, 0.2) is 0 Å². The van der Waals surface area contributed by atoms with Gasteiger partial charge in [0.15, 0.2) is 0 Å². The van der Waals surface area contributed by atoms with E-state index in [1.807, 2.05) is 13.8 Å². The van der Waals surface area contributed by atoms with Gasteiger partial charge in [0, 0.05) is 56.9 Å². The maximum absolute atomic E-state index is 12.0. The van der Waals surface area contributed by atoms with E-state index in [1.54, 1.807) is 0 Å². The maximum atomic E-state index is 12.0. The van der Waals surface area contributed by atoms with Crippen LogP contribution in [0.4, 0.5) is 0 Å². The number of carbonyl (C=O) groups excluding carboxylic acids is 1. The van der Waals surface area contributed by atoms with Gasteiger partial charge in [-0.15, -0.1) is 0 Å². The van der Waals surface area contributed by atoms with Gasteiger partial charge >= 0.3 is 39.3 Å². The van der Waals surface area contributed by atoms with Gasteiger partial charge in [0.05, 0.1) is 12.0 Å². The second-order valence-electron chi connectivity index (χ2n) is 9.76. The van der Waals surface area contributed by atoms with Gasteiger partial charge in [-0.3, -0.25) is 4.79 Å². The summed E-state index contributed by atoms with van der Waals surface area (Å²) < 4.78 is 5.57. The minimum atomic E-state index is -0.112. The Morgan fingerprint density at radius 2 is 1.18 bits per heavy atom. The number of hydrogen-bond acceptors (Lipinski definition) is 7. The molecule has 195 valence electrons. The van der Waals surface area contributed by atoms with E-state index in [2.05, 4.69) is 26.6 Å². The monoisotopic (exact) mass is 548 g/mol. The molecule has 3 aliphatic rings. The van der Waals surface area contributed by atoms with E-state index < -0.39 is 0 Å². The van der Waals surface area contributed by atoms with Crippen LogP contribution in [-0.4, -0.2) is 75.5 Å². The molecular weight excluding hydrogens is 504 g/mol. The van der Waals surface area contributed by atoms with Crippen LogP contribution >= 0.6 is 20.2 Å². The third kappa shape index (κ3) is 11.8. The van der Waals surface area contributed by atoms with Crippen LogP contribution in [0.5, 0.6) is 0 Å². The van der Waals surface area contributed by atoms with Gasteiger partial charge in [0.2, 0.25) is 0 Å². The van der Waals surface area contributed by atoms with E-state index in [9.17, 15) is 4.79 Å². The normalized spacial score (nSPS) is 32.2. The molecular formula is C23H45Cl2MnN5O2. The molecule has 0 amide bonds. The number of fused-ring (bicyclic) bond motifs is 2. The fourth-order valence-corrected chi connectivity index (χ4v) is 5.12. The SMILES string of the molecule is CC(C)C(=O)OC[C@@H]1CN[C@@H]2CCCC[C@H]2NCCN[C@@H]2CCCC[C@H]2NCCN1.[Cl][Mn][Cl]. The molecule has 0 aromatic rings. The number of ether oxygens (including phenoxy) is 1. The molecule has 0 spiro atoms. The second-order valence-corrected chi connectivity index (χ2v) is 11.7. The molecule has 1 heterocycles. The Bertz CT molecular complexity index is 535. The predicted molar refractivity (Wildman–Crippen MR) is 133 cm³/mol. The van der Waals surface area contributed by atoms with Crippen LogP contribution in [0.25, 0.3) is 0 Å². The average Bonchev–Trinajstić information content (AvgIpc) is 2.82. The first-order chi connectivity index (χ1) is 16.0. The molecule has 0 radical (unpaired) electrons. The number of rotatable bonds is 3. The summed E-state index contributed by atoms with van der Waals surface area (Å²) in [5, 5.41) is 18.8. The summed E-state index contributed by atoms with van der Waals surface area (Å²) in [5.41, 5.74) is 0. The van der Waals surface area contributed by atoms with Gasteiger partial charge in [-0.1, -0.05) is 39.5 Å². The summed E-state index contributed by atoms with van der Waals surface area (Å²) >= 11 is 0.00694. The number of nitrogens with one attached hydrogen (secondary N) is 5. The number of halogens is 2. The average molecular weight is 549 g/mol. The first kappa shape index (κ1) is 29.6. The third-order valence-corrected chi connectivity index (χ3v) is 6.96. The molecule has 0 aromatic carbocycles. The van der Waals surface area contributed by atoms with Crippen molar-refractivity contribution in [2.24, 2.45) is 5.92 Å². The fourth-order valence-electron chi connectivity index (χ4n) is 5.12. The molecule has 1 aliphatic heterocycles. The molecule has 10 heteroatoms. The van der Waals surface area contributed by atoms with Crippen molar-refractivity contribution in [2.45, 2.75) is 95.4 Å². The Balaban J connectivity index is 0.00000122. The summed E-state index contributed by atoms with van der Waals surface area (Å²) in [7, 11) is 9.59. The molecule has 0 aromatic heterocycles. The molecule has 1 saturated heterocycles. The van der Waals surface area contributed by atoms with Crippen LogP contribution in [0.1, 0.15) is 65.2 Å². The third-order valence-electron chi connectivity index (χ3n) is 6.96. The van der Waals surface area contributed by atoms with E-state index >= 15 is 0 Å². The molecule has 2 saturated carbocycles. The minimum absolute atomic E-state index is 0.00694. The standard InChI is InChI=1S/C23H45N5O2.2ClH.Mn/c1-17(2)23(29)30-16-18-15-28-22-10-6-5-9-21(22)27-14-13-26-20-8-4-3-7-19(20)25-12-11-24-18;;;/h17-22,24-28H,3-16H2,1-2H3;2*1H;/q;;;+2/p-2/t18-,19+,20+,21+,22+;;;/m0.../s1. The molecule has 0 bridgehead atoms. The van der Waals surface area contributed by atoms with Gasteiger partial charge in [0.25, 0.3) is 0 Å². The molecule has 3 fully saturated rings. The Labute approximate surface area is 215 Å². The van der Waals surface area contributed by atoms with Gasteiger partial charge in [0.1, 0.15) is 6.61 Å². The van der Waals surface area contributed by atoms with E-state index in [0.29, 0.717) is 30.8 Å². The van der Waals surface area contributed by atoms with Gasteiger partial charge in [-0.2, -0.15) is 0 Å². The van der Waals surface area contributed by atoms with Gasteiger partial charge in [-0.05, 0) is 25.7 Å².